The van der Waals surface area contributed by atoms with Gasteiger partial charge in [-0.3, -0.25) is 0 Å². The topological polar surface area (TPSA) is 43.6 Å². The molecule has 0 radical (unpaired) electrons. The van der Waals surface area contributed by atoms with Gasteiger partial charge in [0.1, 0.15) is 17.6 Å². The summed E-state index contributed by atoms with van der Waals surface area (Å²) in [6.45, 7) is 5.40. The molecule has 2 heterocycles. The minimum Gasteiger partial charge on any atom is -0.507 e. The Labute approximate surface area is 189 Å². The van der Waals surface area contributed by atoms with Gasteiger partial charge < -0.3 is 19.1 Å². The van der Waals surface area contributed by atoms with E-state index in [9.17, 15) is 5.11 Å². The van der Waals surface area contributed by atoms with E-state index in [1.54, 1.807) is 14.2 Å². The molecule has 0 fully saturated rings. The number of hydrogen-bond donors (Lipinski definition) is 1. The van der Waals surface area contributed by atoms with Crippen LogP contribution in [-0.4, -0.2) is 30.0 Å². The van der Waals surface area contributed by atoms with Crippen LogP contribution in [0.2, 0.25) is 0 Å². The van der Waals surface area contributed by atoms with E-state index in [-0.39, 0.29) is 6.10 Å². The number of hydrogen-bond acceptors (Lipinski definition) is 3. The maximum atomic E-state index is 10.4. The van der Waals surface area contributed by atoms with Crippen molar-refractivity contribution in [1.82, 2.24) is 4.57 Å². The summed E-state index contributed by atoms with van der Waals surface area (Å²) in [5.41, 5.74) is 8.83. The minimum absolute atomic E-state index is 0.180. The number of allylic oxidation sites excluding steroid dienone is 4. The zero-order valence-corrected chi connectivity index (χ0v) is 19.1. The molecule has 1 unspecified atom stereocenters. The SMILES string of the molecule is CCc1c(-c2ccc(O)c3ccccc23)c(C)c2n1CCC1=C2C=C(OC)C(OC)C=C1. The Balaban J connectivity index is 1.79. The fourth-order valence-electron chi connectivity index (χ4n) is 5.37. The number of methoxy groups -OCH3 is 2. The quantitative estimate of drug-likeness (QED) is 0.542. The van der Waals surface area contributed by atoms with Crippen molar-refractivity contribution in [2.24, 2.45) is 0 Å². The van der Waals surface area contributed by atoms with E-state index in [0.29, 0.717) is 5.75 Å². The summed E-state index contributed by atoms with van der Waals surface area (Å²) in [5.74, 6) is 1.14. The Morgan fingerprint density at radius 2 is 1.88 bits per heavy atom. The van der Waals surface area contributed by atoms with Gasteiger partial charge >= 0.3 is 0 Å². The minimum atomic E-state index is -0.180. The van der Waals surface area contributed by atoms with Crippen LogP contribution in [0, 0.1) is 6.92 Å². The molecule has 2 aromatic carbocycles. The molecule has 0 spiro atoms. The molecule has 1 atom stereocenters. The van der Waals surface area contributed by atoms with E-state index in [0.717, 1.165) is 35.9 Å². The number of nitrogens with zero attached hydrogens (tertiary/aromatic N) is 1. The van der Waals surface area contributed by atoms with Crippen molar-refractivity contribution >= 4 is 16.3 Å². The monoisotopic (exact) mass is 427 g/mol. The summed E-state index contributed by atoms with van der Waals surface area (Å²) in [7, 11) is 3.42. The van der Waals surface area contributed by atoms with Gasteiger partial charge in [0, 0.05) is 35.9 Å². The Hall–Kier alpha value is -3.24. The molecule has 164 valence electrons. The van der Waals surface area contributed by atoms with Gasteiger partial charge in [-0.25, -0.2) is 0 Å². The highest BCUT2D eigenvalue weighted by Crippen LogP contribution is 2.44. The number of ether oxygens (including phenoxy) is 2. The van der Waals surface area contributed by atoms with Gasteiger partial charge in [0.15, 0.2) is 0 Å². The van der Waals surface area contributed by atoms with Crippen molar-refractivity contribution in [2.75, 3.05) is 14.2 Å². The maximum absolute atomic E-state index is 10.4. The number of aromatic hydroxyl groups is 1. The van der Waals surface area contributed by atoms with Crippen LogP contribution in [0.5, 0.6) is 5.75 Å². The highest BCUT2D eigenvalue weighted by molar-refractivity contribution is 6.02. The highest BCUT2D eigenvalue weighted by atomic mass is 16.5. The van der Waals surface area contributed by atoms with Crippen LogP contribution in [0.4, 0.5) is 0 Å². The molecule has 4 nitrogen and oxygen atoms in total. The molecule has 0 saturated heterocycles. The Morgan fingerprint density at radius 3 is 2.59 bits per heavy atom. The predicted molar refractivity (Wildman–Crippen MR) is 130 cm³/mol. The summed E-state index contributed by atoms with van der Waals surface area (Å²) in [4.78, 5) is 0. The van der Waals surface area contributed by atoms with E-state index < -0.39 is 0 Å². The van der Waals surface area contributed by atoms with Gasteiger partial charge in [0.2, 0.25) is 0 Å². The summed E-state index contributed by atoms with van der Waals surface area (Å²) in [6.07, 6.45) is 8.16. The van der Waals surface area contributed by atoms with Crippen molar-refractivity contribution in [3.63, 3.8) is 0 Å². The Bertz CT molecular complexity index is 1310. The fraction of sp³-hybridized carbons (Fsp3) is 0.286. The van der Waals surface area contributed by atoms with E-state index in [2.05, 4.69) is 48.8 Å². The molecule has 3 aromatic rings. The molecule has 1 N–H and O–H groups in total. The third-order valence-electron chi connectivity index (χ3n) is 6.85. The molecule has 1 aliphatic carbocycles. The van der Waals surface area contributed by atoms with Crippen LogP contribution >= 0.6 is 0 Å². The first-order valence-electron chi connectivity index (χ1n) is 11.2. The van der Waals surface area contributed by atoms with Crippen molar-refractivity contribution in [3.8, 4) is 16.9 Å². The third-order valence-corrected chi connectivity index (χ3v) is 6.85. The summed E-state index contributed by atoms with van der Waals surface area (Å²) < 4.78 is 13.8. The molecular formula is C28H29NO3. The molecule has 0 saturated carbocycles. The predicted octanol–water partition coefficient (Wildman–Crippen LogP) is 6.16. The van der Waals surface area contributed by atoms with Crippen molar-refractivity contribution < 1.29 is 14.6 Å². The molecule has 1 aliphatic heterocycles. The lowest BCUT2D eigenvalue weighted by atomic mass is 9.92. The van der Waals surface area contributed by atoms with E-state index in [1.807, 2.05) is 24.3 Å². The molecule has 5 rings (SSSR count). The normalized spacial score (nSPS) is 17.8. The van der Waals surface area contributed by atoms with Gasteiger partial charge in [-0.15, -0.1) is 0 Å². The van der Waals surface area contributed by atoms with Crippen LogP contribution in [0.1, 0.15) is 30.3 Å². The highest BCUT2D eigenvalue weighted by Gasteiger charge is 2.29. The Morgan fingerprint density at radius 1 is 1.09 bits per heavy atom. The summed E-state index contributed by atoms with van der Waals surface area (Å²) in [5, 5.41) is 12.4. The van der Waals surface area contributed by atoms with Crippen LogP contribution in [-0.2, 0) is 22.4 Å². The molecule has 32 heavy (non-hydrogen) atoms. The molecule has 0 bridgehead atoms. The van der Waals surface area contributed by atoms with Crippen LogP contribution in [0.3, 0.4) is 0 Å². The molecule has 1 aromatic heterocycles. The van der Waals surface area contributed by atoms with E-state index in [1.165, 1.54) is 39.2 Å². The largest absolute Gasteiger partial charge is 0.507 e. The first-order valence-corrected chi connectivity index (χ1v) is 11.2. The molecule has 0 amide bonds. The fourth-order valence-corrected chi connectivity index (χ4v) is 5.37. The van der Waals surface area contributed by atoms with Crippen LogP contribution < -0.4 is 0 Å². The number of fused-ring (bicyclic) bond motifs is 3. The van der Waals surface area contributed by atoms with Crippen molar-refractivity contribution in [3.05, 3.63) is 82.9 Å². The lowest BCUT2D eigenvalue weighted by Crippen LogP contribution is -2.13. The Kier molecular flexibility index (Phi) is 5.18. The molecule has 4 heteroatoms. The van der Waals surface area contributed by atoms with Crippen LogP contribution in [0.25, 0.3) is 27.5 Å². The number of rotatable bonds is 4. The van der Waals surface area contributed by atoms with Crippen molar-refractivity contribution in [1.29, 1.82) is 0 Å². The van der Waals surface area contributed by atoms with Gasteiger partial charge in [0.25, 0.3) is 0 Å². The third kappa shape index (κ3) is 3.01. The van der Waals surface area contributed by atoms with Gasteiger partial charge in [-0.1, -0.05) is 37.3 Å². The van der Waals surface area contributed by atoms with Crippen molar-refractivity contribution in [2.45, 2.75) is 39.3 Å². The standard InChI is InChI=1S/C28H29NO3/c1-5-23-27(21-11-12-24(30)20-9-7-6-8-19(20)21)17(2)28-22-16-26(32-4)25(31-3)13-10-18(22)14-15-29(23)28/h6-13,16,25,30H,5,14-15H2,1-4H3. The number of benzene rings is 2. The zero-order chi connectivity index (χ0) is 22.4. The second-order valence-electron chi connectivity index (χ2n) is 8.43. The summed E-state index contributed by atoms with van der Waals surface area (Å²) >= 11 is 0. The average molecular weight is 428 g/mol. The molecular weight excluding hydrogens is 398 g/mol. The van der Waals surface area contributed by atoms with E-state index >= 15 is 0 Å². The second-order valence-corrected chi connectivity index (χ2v) is 8.43. The average Bonchev–Trinajstić information content (AvgIpc) is 2.98. The second kappa shape index (κ2) is 8.03. The summed E-state index contributed by atoms with van der Waals surface area (Å²) in [6, 6.07) is 12.0. The lowest BCUT2D eigenvalue weighted by Gasteiger charge is -2.22. The molecule has 2 aliphatic rings. The van der Waals surface area contributed by atoms with Crippen LogP contribution in [0.15, 0.2) is 66.0 Å². The first-order chi connectivity index (χ1) is 15.6. The van der Waals surface area contributed by atoms with Gasteiger partial charge in [0.05, 0.1) is 12.8 Å². The lowest BCUT2D eigenvalue weighted by molar-refractivity contribution is 0.111. The smallest absolute Gasteiger partial charge is 0.133 e. The first kappa shape index (κ1) is 20.7. The zero-order valence-electron chi connectivity index (χ0n) is 19.1. The maximum Gasteiger partial charge on any atom is 0.133 e. The van der Waals surface area contributed by atoms with E-state index in [4.69, 9.17) is 9.47 Å². The van der Waals surface area contributed by atoms with Gasteiger partial charge in [-0.2, -0.15) is 0 Å². The number of phenolic OH excluding ortho intramolecular Hbond substituents is 1. The van der Waals surface area contributed by atoms with Gasteiger partial charge in [-0.05, 0) is 66.1 Å². The number of phenols is 1. The number of aromatic nitrogens is 1.